The highest BCUT2D eigenvalue weighted by Gasteiger charge is 2.29. The van der Waals surface area contributed by atoms with Crippen molar-refractivity contribution in [2.75, 3.05) is 11.9 Å². The summed E-state index contributed by atoms with van der Waals surface area (Å²) in [4.78, 5) is 0. The second-order valence-electron chi connectivity index (χ2n) is 5.70. The molecule has 1 aliphatic rings. The first-order valence-electron chi connectivity index (χ1n) is 7.63. The van der Waals surface area contributed by atoms with E-state index < -0.39 is 0 Å². The standard InChI is InChI=1S/C18H19NO2/c1-2-20-14-9-13(10-14)19-12-7-8-18-16(11-12)15-5-3-4-6-17(15)21-18/h3-8,11,13-14,19H,2,9-10H2,1H3. The Hall–Kier alpha value is -2.00. The van der Waals surface area contributed by atoms with Crippen LogP contribution in [0, 0.1) is 0 Å². The molecular formula is C18H19NO2. The van der Waals surface area contributed by atoms with E-state index in [1.807, 2.05) is 12.1 Å². The fourth-order valence-corrected chi connectivity index (χ4v) is 3.11. The van der Waals surface area contributed by atoms with Crippen LogP contribution in [0.15, 0.2) is 46.9 Å². The fourth-order valence-electron chi connectivity index (χ4n) is 3.11. The summed E-state index contributed by atoms with van der Waals surface area (Å²) in [6, 6.07) is 15.0. The summed E-state index contributed by atoms with van der Waals surface area (Å²) < 4.78 is 11.5. The van der Waals surface area contributed by atoms with Gasteiger partial charge in [0.15, 0.2) is 0 Å². The first-order chi connectivity index (χ1) is 10.3. The molecule has 0 bridgehead atoms. The summed E-state index contributed by atoms with van der Waals surface area (Å²) in [6.07, 6.45) is 2.63. The Balaban J connectivity index is 1.58. The SMILES string of the molecule is CCOC1CC(Nc2ccc3oc4ccccc4c3c2)C1. The Kier molecular flexibility index (Phi) is 3.08. The van der Waals surface area contributed by atoms with Gasteiger partial charge in [-0.3, -0.25) is 0 Å². The maximum absolute atomic E-state index is 5.85. The lowest BCUT2D eigenvalue weighted by Gasteiger charge is -2.36. The number of ether oxygens (including phenoxy) is 1. The van der Waals surface area contributed by atoms with Crippen molar-refractivity contribution in [2.45, 2.75) is 31.9 Å². The van der Waals surface area contributed by atoms with E-state index in [1.165, 1.54) is 10.8 Å². The number of anilines is 1. The molecule has 3 nitrogen and oxygen atoms in total. The van der Waals surface area contributed by atoms with Crippen molar-refractivity contribution in [2.24, 2.45) is 0 Å². The molecule has 1 aliphatic carbocycles. The van der Waals surface area contributed by atoms with Crippen molar-refractivity contribution in [3.05, 3.63) is 42.5 Å². The molecule has 1 fully saturated rings. The van der Waals surface area contributed by atoms with Crippen molar-refractivity contribution in [1.82, 2.24) is 0 Å². The van der Waals surface area contributed by atoms with Crippen LogP contribution < -0.4 is 5.32 Å². The van der Waals surface area contributed by atoms with E-state index in [0.717, 1.165) is 36.3 Å². The van der Waals surface area contributed by atoms with E-state index >= 15 is 0 Å². The number of nitrogens with one attached hydrogen (secondary N) is 1. The maximum Gasteiger partial charge on any atom is 0.135 e. The molecule has 0 radical (unpaired) electrons. The maximum atomic E-state index is 5.85. The number of hydrogen-bond acceptors (Lipinski definition) is 3. The molecule has 1 aromatic heterocycles. The van der Waals surface area contributed by atoms with Gasteiger partial charge in [0, 0.05) is 29.1 Å². The largest absolute Gasteiger partial charge is 0.456 e. The quantitative estimate of drug-likeness (QED) is 0.761. The number of benzene rings is 2. The van der Waals surface area contributed by atoms with Crippen LogP contribution in [0.4, 0.5) is 5.69 Å². The molecular weight excluding hydrogens is 262 g/mol. The molecule has 2 aromatic carbocycles. The predicted molar refractivity (Wildman–Crippen MR) is 85.8 cm³/mol. The fraction of sp³-hybridized carbons (Fsp3) is 0.333. The molecule has 4 rings (SSSR count). The Morgan fingerprint density at radius 2 is 1.90 bits per heavy atom. The molecule has 0 aliphatic heterocycles. The summed E-state index contributed by atoms with van der Waals surface area (Å²) in [5, 5.41) is 5.95. The minimum absolute atomic E-state index is 0.436. The minimum Gasteiger partial charge on any atom is -0.456 e. The highest BCUT2D eigenvalue weighted by Crippen LogP contribution is 2.32. The van der Waals surface area contributed by atoms with E-state index in [0.29, 0.717) is 12.1 Å². The molecule has 0 spiro atoms. The third-order valence-corrected chi connectivity index (χ3v) is 4.24. The average molecular weight is 281 g/mol. The van der Waals surface area contributed by atoms with Gasteiger partial charge >= 0.3 is 0 Å². The topological polar surface area (TPSA) is 34.4 Å². The lowest BCUT2D eigenvalue weighted by Crippen LogP contribution is -2.40. The molecule has 1 heterocycles. The molecule has 0 atom stereocenters. The van der Waals surface area contributed by atoms with E-state index in [4.69, 9.17) is 9.15 Å². The highest BCUT2D eigenvalue weighted by atomic mass is 16.5. The van der Waals surface area contributed by atoms with Crippen LogP contribution in [0.2, 0.25) is 0 Å². The second-order valence-corrected chi connectivity index (χ2v) is 5.70. The van der Waals surface area contributed by atoms with Gasteiger partial charge in [-0.1, -0.05) is 18.2 Å². The van der Waals surface area contributed by atoms with E-state index in [2.05, 4.69) is 42.6 Å². The van der Waals surface area contributed by atoms with E-state index in [-0.39, 0.29) is 0 Å². The molecule has 3 heteroatoms. The summed E-state index contributed by atoms with van der Waals surface area (Å²) in [6.45, 7) is 2.86. The highest BCUT2D eigenvalue weighted by molar-refractivity contribution is 6.05. The molecule has 21 heavy (non-hydrogen) atoms. The van der Waals surface area contributed by atoms with Crippen LogP contribution in [-0.4, -0.2) is 18.8 Å². The Labute approximate surface area is 123 Å². The summed E-state index contributed by atoms with van der Waals surface area (Å²) in [5.74, 6) is 0. The predicted octanol–water partition coefficient (Wildman–Crippen LogP) is 4.57. The van der Waals surface area contributed by atoms with Crippen molar-refractivity contribution in [1.29, 1.82) is 0 Å². The van der Waals surface area contributed by atoms with Gasteiger partial charge in [0.05, 0.1) is 6.10 Å². The zero-order chi connectivity index (χ0) is 14.2. The first kappa shape index (κ1) is 12.7. The summed E-state index contributed by atoms with van der Waals surface area (Å²) in [5.41, 5.74) is 3.06. The Bertz CT molecular complexity index is 771. The summed E-state index contributed by atoms with van der Waals surface area (Å²) >= 11 is 0. The van der Waals surface area contributed by atoms with Crippen molar-refractivity contribution in [3.63, 3.8) is 0 Å². The molecule has 3 aromatic rings. The molecule has 1 saturated carbocycles. The Morgan fingerprint density at radius 1 is 1.10 bits per heavy atom. The van der Waals surface area contributed by atoms with Crippen molar-refractivity contribution < 1.29 is 9.15 Å². The van der Waals surface area contributed by atoms with E-state index in [9.17, 15) is 0 Å². The smallest absolute Gasteiger partial charge is 0.135 e. The third kappa shape index (κ3) is 2.28. The molecule has 0 saturated heterocycles. The molecule has 1 N–H and O–H groups in total. The van der Waals surface area contributed by atoms with Crippen LogP contribution in [0.3, 0.4) is 0 Å². The van der Waals surface area contributed by atoms with Gasteiger partial charge in [-0.15, -0.1) is 0 Å². The average Bonchev–Trinajstić information content (AvgIpc) is 2.83. The molecule has 108 valence electrons. The zero-order valence-corrected chi connectivity index (χ0v) is 12.1. The van der Waals surface area contributed by atoms with Gasteiger partial charge < -0.3 is 14.5 Å². The Morgan fingerprint density at radius 3 is 2.76 bits per heavy atom. The van der Waals surface area contributed by atoms with Crippen LogP contribution in [0.1, 0.15) is 19.8 Å². The lowest BCUT2D eigenvalue weighted by atomic mass is 9.89. The van der Waals surface area contributed by atoms with Gasteiger partial charge in [-0.25, -0.2) is 0 Å². The number of rotatable bonds is 4. The first-order valence-corrected chi connectivity index (χ1v) is 7.63. The number of para-hydroxylation sites is 1. The van der Waals surface area contributed by atoms with Crippen LogP contribution in [0.5, 0.6) is 0 Å². The summed E-state index contributed by atoms with van der Waals surface area (Å²) in [7, 11) is 0. The van der Waals surface area contributed by atoms with Gasteiger partial charge in [0.1, 0.15) is 11.2 Å². The van der Waals surface area contributed by atoms with Crippen LogP contribution in [0.25, 0.3) is 21.9 Å². The lowest BCUT2D eigenvalue weighted by molar-refractivity contribution is 0.00299. The van der Waals surface area contributed by atoms with Gasteiger partial charge in [-0.2, -0.15) is 0 Å². The number of hydrogen-bond donors (Lipinski definition) is 1. The third-order valence-electron chi connectivity index (χ3n) is 4.24. The second kappa shape index (κ2) is 5.08. The van der Waals surface area contributed by atoms with Gasteiger partial charge in [-0.05, 0) is 44.0 Å². The normalized spacial score (nSPS) is 21.6. The van der Waals surface area contributed by atoms with Crippen molar-refractivity contribution >= 4 is 27.6 Å². The van der Waals surface area contributed by atoms with Crippen molar-refractivity contribution in [3.8, 4) is 0 Å². The monoisotopic (exact) mass is 281 g/mol. The minimum atomic E-state index is 0.436. The van der Waals surface area contributed by atoms with Gasteiger partial charge in [0.25, 0.3) is 0 Å². The zero-order valence-electron chi connectivity index (χ0n) is 12.1. The van der Waals surface area contributed by atoms with Gasteiger partial charge in [0.2, 0.25) is 0 Å². The van der Waals surface area contributed by atoms with Crippen LogP contribution in [-0.2, 0) is 4.74 Å². The van der Waals surface area contributed by atoms with E-state index in [1.54, 1.807) is 0 Å². The number of furan rings is 1. The molecule has 0 amide bonds. The molecule has 0 unspecified atom stereocenters. The van der Waals surface area contributed by atoms with Crippen LogP contribution >= 0.6 is 0 Å². The number of fused-ring (bicyclic) bond motifs is 3.